The Labute approximate surface area is 156 Å². The van der Waals surface area contributed by atoms with E-state index < -0.39 is 11.6 Å². The van der Waals surface area contributed by atoms with Crippen molar-refractivity contribution in [2.45, 2.75) is 44.1 Å². The molecule has 0 bridgehead atoms. The quantitative estimate of drug-likeness (QED) is 0.704. The Kier molecular flexibility index (Phi) is 4.11. The molecule has 27 heavy (non-hydrogen) atoms. The van der Waals surface area contributed by atoms with E-state index >= 15 is 0 Å². The molecule has 1 saturated heterocycles. The van der Waals surface area contributed by atoms with Crippen LogP contribution < -0.4 is 0 Å². The minimum absolute atomic E-state index is 0.345. The molecule has 0 N–H and O–H groups in total. The number of piperidine rings is 1. The van der Waals surface area contributed by atoms with E-state index in [9.17, 15) is 8.78 Å². The number of nitrogens with zero attached hydrogens (tertiary/aromatic N) is 5. The molecule has 5 nitrogen and oxygen atoms in total. The zero-order valence-corrected chi connectivity index (χ0v) is 15.0. The Morgan fingerprint density at radius 2 is 1.78 bits per heavy atom. The molecule has 2 aromatic heterocycles. The summed E-state index contributed by atoms with van der Waals surface area (Å²) in [5.41, 5.74) is 2.08. The highest BCUT2D eigenvalue weighted by Gasteiger charge is 2.27. The van der Waals surface area contributed by atoms with Gasteiger partial charge in [-0.1, -0.05) is 6.07 Å². The fraction of sp³-hybridized carbons (Fsp3) is 0.450. The highest BCUT2D eigenvalue weighted by molar-refractivity contribution is 5.32. The van der Waals surface area contributed by atoms with E-state index in [1.54, 1.807) is 6.07 Å². The van der Waals surface area contributed by atoms with Gasteiger partial charge in [0.05, 0.1) is 0 Å². The van der Waals surface area contributed by atoms with Crippen molar-refractivity contribution in [2.24, 2.45) is 0 Å². The van der Waals surface area contributed by atoms with Crippen LogP contribution >= 0.6 is 0 Å². The molecule has 3 heterocycles. The third-order valence-electron chi connectivity index (χ3n) is 5.70. The lowest BCUT2D eigenvalue weighted by Gasteiger charge is -2.31. The lowest BCUT2D eigenvalue weighted by molar-refractivity contribution is 0.201. The average Bonchev–Trinajstić information content (AvgIpc) is 3.45. The standard InChI is InChI=1S/C20H21F2N5/c21-17-4-1-13(9-18(17)22)11-26-7-5-15(6-8-26)19-24-25-20-23-10-16(12-27(19)20)14-2-3-14/h1,4,9-10,12,14-15H,2-3,5-8,11H2. The van der Waals surface area contributed by atoms with Gasteiger partial charge in [-0.3, -0.25) is 9.30 Å². The summed E-state index contributed by atoms with van der Waals surface area (Å²) in [4.78, 5) is 6.73. The minimum atomic E-state index is -0.796. The van der Waals surface area contributed by atoms with Crippen LogP contribution in [0.25, 0.3) is 5.78 Å². The van der Waals surface area contributed by atoms with Gasteiger partial charge in [0.2, 0.25) is 0 Å². The molecule has 0 radical (unpaired) electrons. The summed E-state index contributed by atoms with van der Waals surface area (Å²) in [6.45, 7) is 2.43. The zero-order chi connectivity index (χ0) is 18.4. The predicted molar refractivity (Wildman–Crippen MR) is 96.4 cm³/mol. The van der Waals surface area contributed by atoms with Crippen molar-refractivity contribution in [3.8, 4) is 0 Å². The SMILES string of the molecule is Fc1ccc(CN2CCC(c3nnc4ncc(C5CC5)cn34)CC2)cc1F. The summed E-state index contributed by atoms with van der Waals surface area (Å²) in [6.07, 6.45) is 8.51. The highest BCUT2D eigenvalue weighted by atomic mass is 19.2. The molecule has 0 atom stereocenters. The zero-order valence-electron chi connectivity index (χ0n) is 15.0. The summed E-state index contributed by atoms with van der Waals surface area (Å²) in [5.74, 6) is 1.07. The molecule has 2 fully saturated rings. The van der Waals surface area contributed by atoms with Crippen molar-refractivity contribution in [3.05, 3.63) is 59.2 Å². The lowest BCUT2D eigenvalue weighted by atomic mass is 9.95. The average molecular weight is 369 g/mol. The molecular weight excluding hydrogens is 348 g/mol. The van der Waals surface area contributed by atoms with Crippen molar-refractivity contribution >= 4 is 5.78 Å². The Bertz CT molecular complexity index is 974. The number of benzene rings is 1. The van der Waals surface area contributed by atoms with Crippen LogP contribution in [0.5, 0.6) is 0 Å². The van der Waals surface area contributed by atoms with Crippen molar-refractivity contribution < 1.29 is 8.78 Å². The Hall–Kier alpha value is -2.41. The summed E-state index contributed by atoms with van der Waals surface area (Å²) in [5, 5.41) is 8.64. The molecular formula is C20H21F2N5. The number of likely N-dealkylation sites (tertiary alicyclic amines) is 1. The van der Waals surface area contributed by atoms with Crippen molar-refractivity contribution in [1.82, 2.24) is 24.5 Å². The van der Waals surface area contributed by atoms with Crippen LogP contribution in [-0.2, 0) is 6.54 Å². The largest absolute Gasteiger partial charge is 0.299 e. The molecule has 7 heteroatoms. The van der Waals surface area contributed by atoms with Gasteiger partial charge in [-0.2, -0.15) is 0 Å². The van der Waals surface area contributed by atoms with Crippen LogP contribution in [0.2, 0.25) is 0 Å². The van der Waals surface area contributed by atoms with Crippen LogP contribution in [0.1, 0.15) is 54.5 Å². The minimum Gasteiger partial charge on any atom is -0.299 e. The second kappa shape index (κ2) is 6.64. The molecule has 1 saturated carbocycles. The number of fused-ring (bicyclic) bond motifs is 1. The first-order chi connectivity index (χ1) is 13.2. The molecule has 0 spiro atoms. The first-order valence-electron chi connectivity index (χ1n) is 9.54. The Morgan fingerprint density at radius 3 is 2.52 bits per heavy atom. The van der Waals surface area contributed by atoms with Gasteiger partial charge in [-0.05, 0) is 68.0 Å². The van der Waals surface area contributed by atoms with Gasteiger partial charge in [0.1, 0.15) is 5.82 Å². The van der Waals surface area contributed by atoms with Gasteiger partial charge >= 0.3 is 0 Å². The van der Waals surface area contributed by atoms with Crippen LogP contribution in [0, 0.1) is 11.6 Å². The monoisotopic (exact) mass is 369 g/mol. The molecule has 0 unspecified atom stereocenters. The van der Waals surface area contributed by atoms with E-state index in [0.29, 0.717) is 24.2 Å². The summed E-state index contributed by atoms with van der Waals surface area (Å²) in [6, 6.07) is 4.14. The molecule has 1 aliphatic carbocycles. The summed E-state index contributed by atoms with van der Waals surface area (Å²) < 4.78 is 28.6. The first kappa shape index (κ1) is 16.7. The molecule has 140 valence electrons. The summed E-state index contributed by atoms with van der Waals surface area (Å²) in [7, 11) is 0. The number of rotatable bonds is 4. The van der Waals surface area contributed by atoms with Crippen LogP contribution in [-0.4, -0.2) is 37.6 Å². The van der Waals surface area contributed by atoms with Gasteiger partial charge in [0.25, 0.3) is 5.78 Å². The highest BCUT2D eigenvalue weighted by Crippen LogP contribution is 2.39. The van der Waals surface area contributed by atoms with Gasteiger partial charge in [0, 0.05) is 24.9 Å². The van der Waals surface area contributed by atoms with Gasteiger partial charge in [-0.25, -0.2) is 13.8 Å². The number of hydrogen-bond acceptors (Lipinski definition) is 4. The maximum atomic E-state index is 13.4. The van der Waals surface area contributed by atoms with E-state index in [0.717, 1.165) is 37.3 Å². The Balaban J connectivity index is 1.28. The summed E-state index contributed by atoms with van der Waals surface area (Å²) >= 11 is 0. The fourth-order valence-electron chi connectivity index (χ4n) is 3.97. The third kappa shape index (κ3) is 3.32. The van der Waals surface area contributed by atoms with E-state index in [4.69, 9.17) is 0 Å². The second-order valence-electron chi connectivity index (χ2n) is 7.69. The molecule has 2 aliphatic rings. The smallest absolute Gasteiger partial charge is 0.254 e. The van der Waals surface area contributed by atoms with Crippen molar-refractivity contribution in [3.63, 3.8) is 0 Å². The predicted octanol–water partition coefficient (Wildman–Crippen LogP) is 3.66. The third-order valence-corrected chi connectivity index (χ3v) is 5.70. The fourth-order valence-corrected chi connectivity index (χ4v) is 3.97. The Morgan fingerprint density at radius 1 is 0.963 bits per heavy atom. The van der Waals surface area contributed by atoms with E-state index in [1.165, 1.54) is 30.5 Å². The topological polar surface area (TPSA) is 46.3 Å². The molecule has 5 rings (SSSR count). The van der Waals surface area contributed by atoms with E-state index in [-0.39, 0.29) is 0 Å². The lowest BCUT2D eigenvalue weighted by Crippen LogP contribution is -2.33. The van der Waals surface area contributed by atoms with E-state index in [2.05, 4.69) is 30.7 Å². The molecule has 1 aromatic carbocycles. The van der Waals surface area contributed by atoms with E-state index in [1.807, 2.05) is 6.20 Å². The number of halogens is 2. The van der Waals surface area contributed by atoms with Crippen LogP contribution in [0.3, 0.4) is 0 Å². The molecule has 0 amide bonds. The second-order valence-corrected chi connectivity index (χ2v) is 7.69. The maximum absolute atomic E-state index is 13.4. The van der Waals surface area contributed by atoms with Crippen LogP contribution in [0.15, 0.2) is 30.6 Å². The number of hydrogen-bond donors (Lipinski definition) is 0. The maximum Gasteiger partial charge on any atom is 0.254 e. The molecule has 3 aromatic rings. The van der Waals surface area contributed by atoms with Gasteiger partial charge in [0.15, 0.2) is 11.6 Å². The normalized spacial score (nSPS) is 19.0. The van der Waals surface area contributed by atoms with Crippen molar-refractivity contribution in [1.29, 1.82) is 0 Å². The van der Waals surface area contributed by atoms with Gasteiger partial charge < -0.3 is 0 Å². The molecule has 1 aliphatic heterocycles. The van der Waals surface area contributed by atoms with Crippen molar-refractivity contribution in [2.75, 3.05) is 13.1 Å². The van der Waals surface area contributed by atoms with Crippen LogP contribution in [0.4, 0.5) is 8.78 Å². The first-order valence-corrected chi connectivity index (χ1v) is 9.54. The number of aromatic nitrogens is 4. The van der Waals surface area contributed by atoms with Gasteiger partial charge in [-0.15, -0.1) is 10.2 Å².